The fourth-order valence-electron chi connectivity index (χ4n) is 2.62. The maximum Gasteiger partial charge on any atom is 0.0841 e. The highest BCUT2D eigenvalue weighted by atomic mass is 16.6. The lowest BCUT2D eigenvalue weighted by molar-refractivity contribution is 0.348. The van der Waals surface area contributed by atoms with E-state index in [4.69, 9.17) is 4.74 Å². The van der Waals surface area contributed by atoms with E-state index in [2.05, 4.69) is 13.5 Å². The SMILES string of the molecule is C=CCCCCCCCCC1OC1CCCCC. The van der Waals surface area contributed by atoms with Crippen LogP contribution in [0, 0.1) is 0 Å². The zero-order valence-corrected chi connectivity index (χ0v) is 12.3. The predicted octanol–water partition coefficient (Wildman–Crippen LogP) is 5.64. The molecule has 2 atom stereocenters. The standard InChI is InChI=1S/C17H32O/c1-3-5-7-8-9-10-11-13-15-17-16(18-17)14-12-6-4-2/h3,16-17H,1,4-15H2,2H3. The van der Waals surface area contributed by atoms with Gasteiger partial charge >= 0.3 is 0 Å². The zero-order valence-electron chi connectivity index (χ0n) is 12.3. The molecule has 0 N–H and O–H groups in total. The molecule has 1 fully saturated rings. The number of rotatable bonds is 13. The first kappa shape index (κ1) is 15.8. The first-order valence-corrected chi connectivity index (χ1v) is 8.14. The van der Waals surface area contributed by atoms with Gasteiger partial charge in [-0.1, -0.05) is 64.4 Å². The van der Waals surface area contributed by atoms with Crippen molar-refractivity contribution in [1.29, 1.82) is 0 Å². The maximum atomic E-state index is 5.71. The number of epoxide rings is 1. The van der Waals surface area contributed by atoms with Crippen LogP contribution in [0.25, 0.3) is 0 Å². The molecule has 1 heterocycles. The molecule has 0 spiro atoms. The van der Waals surface area contributed by atoms with Crippen LogP contribution in [0.4, 0.5) is 0 Å². The smallest absolute Gasteiger partial charge is 0.0841 e. The summed E-state index contributed by atoms with van der Waals surface area (Å²) in [7, 11) is 0. The van der Waals surface area contributed by atoms with Crippen LogP contribution in [0.3, 0.4) is 0 Å². The highest BCUT2D eigenvalue weighted by Crippen LogP contribution is 2.31. The molecule has 2 unspecified atom stereocenters. The lowest BCUT2D eigenvalue weighted by Gasteiger charge is -2.00. The summed E-state index contributed by atoms with van der Waals surface area (Å²) in [6.45, 7) is 6.02. The quantitative estimate of drug-likeness (QED) is 0.235. The molecule has 1 rings (SSSR count). The largest absolute Gasteiger partial charge is 0.370 e. The summed E-state index contributed by atoms with van der Waals surface area (Å²) >= 11 is 0. The fraction of sp³-hybridized carbons (Fsp3) is 0.882. The van der Waals surface area contributed by atoms with Crippen LogP contribution < -0.4 is 0 Å². The molecule has 0 aromatic carbocycles. The van der Waals surface area contributed by atoms with Gasteiger partial charge in [0.05, 0.1) is 12.2 Å². The number of allylic oxidation sites excluding steroid dienone is 1. The molecule has 18 heavy (non-hydrogen) atoms. The molecule has 0 aromatic rings. The van der Waals surface area contributed by atoms with Gasteiger partial charge in [0.1, 0.15) is 0 Å². The Morgan fingerprint density at radius 3 is 2.00 bits per heavy atom. The first-order chi connectivity index (χ1) is 8.88. The van der Waals surface area contributed by atoms with Gasteiger partial charge < -0.3 is 4.74 Å². The third kappa shape index (κ3) is 7.92. The molecule has 0 aliphatic carbocycles. The van der Waals surface area contributed by atoms with Crippen molar-refractivity contribution < 1.29 is 4.74 Å². The molecule has 0 radical (unpaired) electrons. The van der Waals surface area contributed by atoms with E-state index >= 15 is 0 Å². The van der Waals surface area contributed by atoms with E-state index in [9.17, 15) is 0 Å². The number of hydrogen-bond donors (Lipinski definition) is 0. The van der Waals surface area contributed by atoms with E-state index in [1.165, 1.54) is 77.0 Å². The van der Waals surface area contributed by atoms with Crippen LogP contribution in [0.2, 0.25) is 0 Å². The Kier molecular flexibility index (Phi) is 9.28. The van der Waals surface area contributed by atoms with Gasteiger partial charge in [-0.15, -0.1) is 6.58 Å². The van der Waals surface area contributed by atoms with E-state index < -0.39 is 0 Å². The summed E-state index contributed by atoms with van der Waals surface area (Å²) < 4.78 is 5.71. The van der Waals surface area contributed by atoms with Gasteiger partial charge in [-0.2, -0.15) is 0 Å². The summed E-state index contributed by atoms with van der Waals surface area (Å²) in [5.74, 6) is 0. The predicted molar refractivity (Wildman–Crippen MR) is 79.9 cm³/mol. The Bertz CT molecular complexity index is 200. The van der Waals surface area contributed by atoms with Gasteiger partial charge in [0.15, 0.2) is 0 Å². The Morgan fingerprint density at radius 1 is 0.833 bits per heavy atom. The Morgan fingerprint density at radius 2 is 1.39 bits per heavy atom. The summed E-state index contributed by atoms with van der Waals surface area (Å²) in [4.78, 5) is 0. The van der Waals surface area contributed by atoms with Gasteiger partial charge in [-0.25, -0.2) is 0 Å². The molecule has 1 heteroatoms. The van der Waals surface area contributed by atoms with Crippen molar-refractivity contribution in [2.24, 2.45) is 0 Å². The minimum atomic E-state index is 0.627. The van der Waals surface area contributed by atoms with Crippen molar-refractivity contribution >= 4 is 0 Å². The number of ether oxygens (including phenoxy) is 1. The molecule has 1 nitrogen and oxygen atoms in total. The second kappa shape index (κ2) is 10.6. The highest BCUT2D eigenvalue weighted by Gasteiger charge is 2.36. The topological polar surface area (TPSA) is 12.5 Å². The van der Waals surface area contributed by atoms with Crippen LogP contribution in [-0.4, -0.2) is 12.2 Å². The van der Waals surface area contributed by atoms with Crippen molar-refractivity contribution in [2.75, 3.05) is 0 Å². The molecule has 1 saturated heterocycles. The average Bonchev–Trinajstić information content (AvgIpc) is 3.12. The summed E-state index contributed by atoms with van der Waals surface area (Å²) in [6, 6.07) is 0. The van der Waals surface area contributed by atoms with Gasteiger partial charge in [0.25, 0.3) is 0 Å². The van der Waals surface area contributed by atoms with Crippen LogP contribution in [-0.2, 0) is 4.74 Å². The average molecular weight is 252 g/mol. The molecule has 0 bridgehead atoms. The number of unbranched alkanes of at least 4 members (excludes halogenated alkanes) is 8. The molecule has 0 amide bonds. The van der Waals surface area contributed by atoms with Gasteiger partial charge in [0.2, 0.25) is 0 Å². The maximum absolute atomic E-state index is 5.71. The van der Waals surface area contributed by atoms with E-state index in [1.54, 1.807) is 0 Å². The summed E-state index contributed by atoms with van der Waals surface area (Å²) in [6.07, 6.45) is 19.4. The van der Waals surface area contributed by atoms with Crippen molar-refractivity contribution in [3.63, 3.8) is 0 Å². The van der Waals surface area contributed by atoms with E-state index in [-0.39, 0.29) is 0 Å². The minimum absolute atomic E-state index is 0.627. The first-order valence-electron chi connectivity index (χ1n) is 8.14. The van der Waals surface area contributed by atoms with Gasteiger partial charge in [-0.3, -0.25) is 0 Å². The Labute approximate surface area is 114 Å². The normalized spacial score (nSPS) is 22.1. The number of hydrogen-bond acceptors (Lipinski definition) is 1. The monoisotopic (exact) mass is 252 g/mol. The molecule has 1 aliphatic rings. The molecule has 0 saturated carbocycles. The van der Waals surface area contributed by atoms with Crippen molar-refractivity contribution in [2.45, 2.75) is 96.2 Å². The van der Waals surface area contributed by atoms with E-state index in [1.807, 2.05) is 6.08 Å². The molecule has 106 valence electrons. The highest BCUT2D eigenvalue weighted by molar-refractivity contribution is 4.84. The van der Waals surface area contributed by atoms with Crippen LogP contribution >= 0.6 is 0 Å². The summed E-state index contributed by atoms with van der Waals surface area (Å²) in [5, 5.41) is 0. The van der Waals surface area contributed by atoms with Crippen LogP contribution in [0.5, 0.6) is 0 Å². The fourth-order valence-corrected chi connectivity index (χ4v) is 2.62. The second-order valence-electron chi connectivity index (χ2n) is 5.70. The van der Waals surface area contributed by atoms with E-state index in [0.29, 0.717) is 12.2 Å². The van der Waals surface area contributed by atoms with Crippen molar-refractivity contribution in [3.05, 3.63) is 12.7 Å². The third-order valence-corrected chi connectivity index (χ3v) is 3.93. The van der Waals surface area contributed by atoms with Crippen molar-refractivity contribution in [3.8, 4) is 0 Å². The molecule has 1 aliphatic heterocycles. The van der Waals surface area contributed by atoms with Crippen molar-refractivity contribution in [1.82, 2.24) is 0 Å². The van der Waals surface area contributed by atoms with Gasteiger partial charge in [0, 0.05) is 0 Å². The summed E-state index contributed by atoms with van der Waals surface area (Å²) in [5.41, 5.74) is 0. The Balaban J connectivity index is 1.76. The Hall–Kier alpha value is -0.300. The minimum Gasteiger partial charge on any atom is -0.370 e. The van der Waals surface area contributed by atoms with Crippen LogP contribution in [0.15, 0.2) is 12.7 Å². The van der Waals surface area contributed by atoms with Gasteiger partial charge in [-0.05, 0) is 25.7 Å². The van der Waals surface area contributed by atoms with Crippen LogP contribution in [0.1, 0.15) is 84.0 Å². The third-order valence-electron chi connectivity index (χ3n) is 3.93. The molecular weight excluding hydrogens is 220 g/mol. The zero-order chi connectivity index (χ0) is 13.1. The lowest BCUT2D eigenvalue weighted by atomic mass is 10.0. The lowest BCUT2D eigenvalue weighted by Crippen LogP contribution is -1.94. The molecular formula is C17H32O. The van der Waals surface area contributed by atoms with E-state index in [0.717, 1.165) is 0 Å². The second-order valence-corrected chi connectivity index (χ2v) is 5.70. The molecule has 0 aromatic heterocycles.